The first-order chi connectivity index (χ1) is 7.36. The van der Waals surface area contributed by atoms with Crippen molar-refractivity contribution in [3.63, 3.8) is 0 Å². The smallest absolute Gasteiger partial charge is 0.137 e. The minimum absolute atomic E-state index is 0.452. The Morgan fingerprint density at radius 1 is 1.47 bits per heavy atom. The van der Waals surface area contributed by atoms with Gasteiger partial charge in [-0.3, -0.25) is 4.98 Å². The lowest BCUT2D eigenvalue weighted by Crippen LogP contribution is -1.99. The highest BCUT2D eigenvalue weighted by Crippen LogP contribution is 2.11. The molecule has 15 heavy (non-hydrogen) atoms. The van der Waals surface area contributed by atoms with Gasteiger partial charge in [-0.05, 0) is 30.1 Å². The fourth-order valence-corrected chi connectivity index (χ4v) is 1.84. The molecular formula is C11H16ClNOS. The van der Waals surface area contributed by atoms with Crippen LogP contribution < -0.4 is 4.74 Å². The van der Waals surface area contributed by atoms with Crippen LogP contribution in [0.5, 0.6) is 5.75 Å². The van der Waals surface area contributed by atoms with Crippen molar-refractivity contribution in [1.82, 2.24) is 4.98 Å². The Labute approximate surface area is 100 Å². The van der Waals surface area contributed by atoms with E-state index >= 15 is 0 Å². The van der Waals surface area contributed by atoms with E-state index in [9.17, 15) is 0 Å². The highest BCUT2D eigenvalue weighted by atomic mass is 35.5. The number of rotatable bonds is 7. The summed E-state index contributed by atoms with van der Waals surface area (Å²) in [4.78, 5) is 4.15. The van der Waals surface area contributed by atoms with Crippen molar-refractivity contribution in [3.8, 4) is 5.75 Å². The molecule has 0 radical (unpaired) electrons. The maximum absolute atomic E-state index is 5.63. The number of alkyl halides is 1. The van der Waals surface area contributed by atoms with Gasteiger partial charge < -0.3 is 4.74 Å². The van der Waals surface area contributed by atoms with Crippen LogP contribution in [-0.4, -0.2) is 23.1 Å². The summed E-state index contributed by atoms with van der Waals surface area (Å²) < 4.78 is 5.53. The summed E-state index contributed by atoms with van der Waals surface area (Å²) in [6.07, 6.45) is 2.81. The molecule has 0 aliphatic carbocycles. The molecule has 1 aromatic heterocycles. The third kappa shape index (κ3) is 5.28. The molecule has 0 atom stereocenters. The number of thioether (sulfide) groups is 1. The van der Waals surface area contributed by atoms with Crippen molar-refractivity contribution in [3.05, 3.63) is 24.0 Å². The molecule has 0 aliphatic rings. The average molecular weight is 246 g/mol. The first kappa shape index (κ1) is 12.7. The van der Waals surface area contributed by atoms with Gasteiger partial charge in [-0.15, -0.1) is 11.6 Å². The van der Waals surface area contributed by atoms with Crippen LogP contribution in [0.3, 0.4) is 0 Å². The monoisotopic (exact) mass is 245 g/mol. The lowest BCUT2D eigenvalue weighted by molar-refractivity contribution is 0.317. The molecule has 1 aromatic rings. The Bertz CT molecular complexity index is 266. The van der Waals surface area contributed by atoms with Gasteiger partial charge in [-0.1, -0.05) is 6.92 Å². The topological polar surface area (TPSA) is 22.1 Å². The highest BCUT2D eigenvalue weighted by Gasteiger charge is 1.95. The second kappa shape index (κ2) is 7.83. The predicted octanol–water partition coefficient (Wildman–Crippen LogP) is 3.34. The molecule has 0 amide bonds. The molecule has 0 fully saturated rings. The normalized spacial score (nSPS) is 10.3. The molecule has 0 aromatic carbocycles. The van der Waals surface area contributed by atoms with Crippen LogP contribution in [0.15, 0.2) is 18.3 Å². The molecule has 1 heterocycles. The second-order valence-electron chi connectivity index (χ2n) is 3.02. The summed E-state index contributed by atoms with van der Waals surface area (Å²) in [6.45, 7) is 2.93. The van der Waals surface area contributed by atoms with Crippen molar-refractivity contribution >= 4 is 23.4 Å². The van der Waals surface area contributed by atoms with Crippen LogP contribution in [0.2, 0.25) is 0 Å². The Kier molecular flexibility index (Phi) is 6.60. The Morgan fingerprint density at radius 2 is 2.33 bits per heavy atom. The van der Waals surface area contributed by atoms with Crippen molar-refractivity contribution < 1.29 is 4.74 Å². The molecule has 0 unspecified atom stereocenters. The van der Waals surface area contributed by atoms with Crippen LogP contribution in [-0.2, 0) is 5.88 Å². The quantitative estimate of drug-likeness (QED) is 0.543. The van der Waals surface area contributed by atoms with E-state index in [1.807, 2.05) is 23.9 Å². The molecule has 84 valence electrons. The van der Waals surface area contributed by atoms with Crippen molar-refractivity contribution in [2.45, 2.75) is 19.2 Å². The van der Waals surface area contributed by atoms with Gasteiger partial charge in [0.05, 0.1) is 24.4 Å². The minimum atomic E-state index is 0.452. The number of halogens is 1. The standard InChI is InChI=1S/C11H16ClNOS/c1-2-15-7-3-6-14-11-5-4-10(8-12)13-9-11/h4-5,9H,2-3,6-8H2,1H3. The molecule has 1 rings (SSSR count). The molecule has 0 aliphatic heterocycles. The van der Waals surface area contributed by atoms with E-state index in [4.69, 9.17) is 16.3 Å². The van der Waals surface area contributed by atoms with Crippen molar-refractivity contribution in [2.24, 2.45) is 0 Å². The first-order valence-electron chi connectivity index (χ1n) is 5.08. The third-order valence-electron chi connectivity index (χ3n) is 1.84. The lowest BCUT2D eigenvalue weighted by atomic mass is 10.4. The molecule has 2 nitrogen and oxygen atoms in total. The summed E-state index contributed by atoms with van der Waals surface area (Å²) in [6, 6.07) is 3.81. The molecule has 0 N–H and O–H groups in total. The average Bonchev–Trinajstić information content (AvgIpc) is 2.30. The van der Waals surface area contributed by atoms with Gasteiger partial charge in [-0.2, -0.15) is 11.8 Å². The van der Waals surface area contributed by atoms with Crippen LogP contribution >= 0.6 is 23.4 Å². The number of hydrogen-bond acceptors (Lipinski definition) is 3. The van der Waals surface area contributed by atoms with Gasteiger partial charge in [0.15, 0.2) is 0 Å². The summed E-state index contributed by atoms with van der Waals surface area (Å²) in [5, 5.41) is 0. The van der Waals surface area contributed by atoms with E-state index in [2.05, 4.69) is 11.9 Å². The van der Waals surface area contributed by atoms with E-state index in [0.29, 0.717) is 5.88 Å². The number of aromatic nitrogens is 1. The molecule has 0 spiro atoms. The Hall–Kier alpha value is -0.410. The van der Waals surface area contributed by atoms with Gasteiger partial charge in [0.2, 0.25) is 0 Å². The van der Waals surface area contributed by atoms with Gasteiger partial charge in [0.1, 0.15) is 5.75 Å². The van der Waals surface area contributed by atoms with Crippen LogP contribution in [0.4, 0.5) is 0 Å². The highest BCUT2D eigenvalue weighted by molar-refractivity contribution is 7.99. The summed E-state index contributed by atoms with van der Waals surface area (Å²) >= 11 is 7.57. The number of nitrogens with zero attached hydrogens (tertiary/aromatic N) is 1. The first-order valence-corrected chi connectivity index (χ1v) is 6.77. The number of ether oxygens (including phenoxy) is 1. The molecule has 0 saturated carbocycles. The van der Waals surface area contributed by atoms with E-state index in [-0.39, 0.29) is 0 Å². The molecule has 0 saturated heterocycles. The summed E-state index contributed by atoms with van der Waals surface area (Å²) in [5.41, 5.74) is 0.880. The van der Waals surface area contributed by atoms with Crippen LogP contribution in [0.1, 0.15) is 19.0 Å². The zero-order valence-electron chi connectivity index (χ0n) is 8.91. The third-order valence-corrected chi connectivity index (χ3v) is 3.10. The zero-order valence-corrected chi connectivity index (χ0v) is 10.5. The fourth-order valence-electron chi connectivity index (χ4n) is 1.07. The maximum atomic E-state index is 5.63. The van der Waals surface area contributed by atoms with E-state index in [1.165, 1.54) is 5.75 Å². The number of pyridine rings is 1. The SMILES string of the molecule is CCSCCCOc1ccc(CCl)nc1. The fraction of sp³-hybridized carbons (Fsp3) is 0.545. The van der Waals surface area contributed by atoms with Gasteiger partial charge >= 0.3 is 0 Å². The lowest BCUT2D eigenvalue weighted by Gasteiger charge is -2.05. The number of hydrogen-bond donors (Lipinski definition) is 0. The van der Waals surface area contributed by atoms with Crippen LogP contribution in [0.25, 0.3) is 0 Å². The van der Waals surface area contributed by atoms with Gasteiger partial charge in [0, 0.05) is 0 Å². The largest absolute Gasteiger partial charge is 0.492 e. The van der Waals surface area contributed by atoms with Gasteiger partial charge in [-0.25, -0.2) is 0 Å². The van der Waals surface area contributed by atoms with Gasteiger partial charge in [0.25, 0.3) is 0 Å². The minimum Gasteiger partial charge on any atom is -0.492 e. The molecular weight excluding hydrogens is 230 g/mol. The Morgan fingerprint density at radius 3 is 2.93 bits per heavy atom. The van der Waals surface area contributed by atoms with E-state index in [0.717, 1.165) is 30.2 Å². The Balaban J connectivity index is 2.20. The predicted molar refractivity (Wildman–Crippen MR) is 66.9 cm³/mol. The zero-order chi connectivity index (χ0) is 10.9. The van der Waals surface area contributed by atoms with E-state index < -0.39 is 0 Å². The van der Waals surface area contributed by atoms with Crippen LogP contribution in [0, 0.1) is 0 Å². The maximum Gasteiger partial charge on any atom is 0.137 e. The van der Waals surface area contributed by atoms with Crippen molar-refractivity contribution in [1.29, 1.82) is 0 Å². The molecule has 4 heteroatoms. The van der Waals surface area contributed by atoms with E-state index in [1.54, 1.807) is 6.20 Å². The summed E-state index contributed by atoms with van der Waals surface area (Å²) in [7, 11) is 0. The second-order valence-corrected chi connectivity index (χ2v) is 4.68. The molecule has 0 bridgehead atoms. The summed E-state index contributed by atoms with van der Waals surface area (Å²) in [5.74, 6) is 3.61. The van der Waals surface area contributed by atoms with Crippen molar-refractivity contribution in [2.75, 3.05) is 18.1 Å².